The van der Waals surface area contributed by atoms with Gasteiger partial charge in [0.2, 0.25) is 5.91 Å². The maximum atomic E-state index is 12.7. The summed E-state index contributed by atoms with van der Waals surface area (Å²) >= 11 is 0. The van der Waals surface area contributed by atoms with Gasteiger partial charge in [0.25, 0.3) is 0 Å². The van der Waals surface area contributed by atoms with Gasteiger partial charge in [0.15, 0.2) is 0 Å². The lowest BCUT2D eigenvalue weighted by atomic mass is 9.84. The van der Waals surface area contributed by atoms with Crippen molar-refractivity contribution in [2.75, 3.05) is 13.1 Å². The largest absolute Gasteiger partial charge is 0.340 e. The minimum absolute atomic E-state index is 0.0362. The third-order valence-electron chi connectivity index (χ3n) is 3.65. The van der Waals surface area contributed by atoms with E-state index in [1.165, 1.54) is 0 Å². The van der Waals surface area contributed by atoms with Crippen LogP contribution in [0.15, 0.2) is 0 Å². The molecule has 0 saturated carbocycles. The van der Waals surface area contributed by atoms with Crippen molar-refractivity contribution >= 4 is 5.91 Å². The number of carbonyl (C=O) groups excluding carboxylic acids is 1. The Bertz CT molecular complexity index is 258. The van der Waals surface area contributed by atoms with Crippen molar-refractivity contribution in [3.8, 4) is 0 Å². The van der Waals surface area contributed by atoms with Crippen LogP contribution in [0.2, 0.25) is 0 Å². The van der Waals surface area contributed by atoms with Crippen LogP contribution in [0.1, 0.15) is 67.2 Å². The summed E-state index contributed by atoms with van der Waals surface area (Å²) in [7, 11) is 0. The Morgan fingerprint density at radius 2 is 1.84 bits per heavy atom. The molecule has 0 spiro atoms. The highest BCUT2D eigenvalue weighted by molar-refractivity contribution is 5.79. The Labute approximate surface area is 119 Å². The molecule has 0 aliphatic carbocycles. The molecule has 0 aromatic carbocycles. The highest BCUT2D eigenvalue weighted by Crippen LogP contribution is 2.26. The van der Waals surface area contributed by atoms with Crippen LogP contribution in [0.25, 0.3) is 0 Å². The lowest BCUT2D eigenvalue weighted by Crippen LogP contribution is -2.45. The van der Waals surface area contributed by atoms with Gasteiger partial charge in [-0.2, -0.15) is 0 Å². The van der Waals surface area contributed by atoms with Crippen molar-refractivity contribution < 1.29 is 4.79 Å². The first-order chi connectivity index (χ1) is 8.76. The highest BCUT2D eigenvalue weighted by Gasteiger charge is 2.29. The first-order valence-electron chi connectivity index (χ1n) is 7.77. The molecule has 0 bridgehead atoms. The molecule has 0 aliphatic rings. The van der Waals surface area contributed by atoms with E-state index >= 15 is 0 Å². The molecule has 0 aliphatic heterocycles. The molecular weight excluding hydrogens is 236 g/mol. The van der Waals surface area contributed by atoms with Crippen LogP contribution in [-0.2, 0) is 4.79 Å². The van der Waals surface area contributed by atoms with Gasteiger partial charge in [-0.1, -0.05) is 41.0 Å². The Morgan fingerprint density at radius 3 is 2.21 bits per heavy atom. The molecule has 0 radical (unpaired) electrons. The zero-order valence-electron chi connectivity index (χ0n) is 13.8. The molecule has 0 saturated heterocycles. The van der Waals surface area contributed by atoms with Crippen molar-refractivity contribution in [3.05, 3.63) is 0 Å². The van der Waals surface area contributed by atoms with Crippen LogP contribution >= 0.6 is 0 Å². The second kappa shape index (κ2) is 8.57. The molecule has 0 rings (SSSR count). The molecule has 2 unspecified atom stereocenters. The summed E-state index contributed by atoms with van der Waals surface area (Å²) in [5.74, 6) is 0.214. The summed E-state index contributed by atoms with van der Waals surface area (Å²) in [5.41, 5.74) is 5.99. The minimum Gasteiger partial charge on any atom is -0.340 e. The average Bonchev–Trinajstić information content (AvgIpc) is 2.34. The average molecular weight is 270 g/mol. The highest BCUT2D eigenvalue weighted by atomic mass is 16.2. The molecule has 19 heavy (non-hydrogen) atoms. The molecule has 1 amide bonds. The molecular formula is C16H34N2O. The van der Waals surface area contributed by atoms with E-state index in [2.05, 4.69) is 41.5 Å². The van der Waals surface area contributed by atoms with Gasteiger partial charge in [0.05, 0.1) is 5.92 Å². The van der Waals surface area contributed by atoms with Crippen molar-refractivity contribution in [2.45, 2.75) is 73.3 Å². The summed E-state index contributed by atoms with van der Waals surface area (Å²) in [4.78, 5) is 14.8. The van der Waals surface area contributed by atoms with E-state index in [9.17, 15) is 4.79 Å². The minimum atomic E-state index is -0.0362. The first kappa shape index (κ1) is 18.4. The number of rotatable bonds is 8. The summed E-state index contributed by atoms with van der Waals surface area (Å²) in [6, 6.07) is 0.313. The molecule has 0 fully saturated rings. The van der Waals surface area contributed by atoms with Gasteiger partial charge in [-0.3, -0.25) is 4.79 Å². The maximum absolute atomic E-state index is 12.7. The Morgan fingerprint density at radius 1 is 1.26 bits per heavy atom. The Balaban J connectivity index is 4.82. The number of nitrogens with two attached hydrogens (primary N) is 1. The van der Waals surface area contributed by atoms with Crippen LogP contribution in [0.4, 0.5) is 0 Å². The van der Waals surface area contributed by atoms with E-state index in [0.717, 1.165) is 32.2 Å². The Hall–Kier alpha value is -0.570. The van der Waals surface area contributed by atoms with E-state index in [4.69, 9.17) is 5.73 Å². The van der Waals surface area contributed by atoms with Crippen molar-refractivity contribution in [1.29, 1.82) is 0 Å². The zero-order chi connectivity index (χ0) is 15.1. The predicted octanol–water partition coefficient (Wildman–Crippen LogP) is 3.42. The predicted molar refractivity (Wildman–Crippen MR) is 83.0 cm³/mol. The molecule has 0 heterocycles. The summed E-state index contributed by atoms with van der Waals surface area (Å²) in [6.45, 7) is 14.3. The molecule has 3 heteroatoms. The lowest BCUT2D eigenvalue weighted by Gasteiger charge is -2.34. The molecule has 2 atom stereocenters. The molecule has 3 nitrogen and oxygen atoms in total. The fourth-order valence-corrected chi connectivity index (χ4v) is 2.34. The summed E-state index contributed by atoms with van der Waals surface area (Å²) < 4.78 is 0. The van der Waals surface area contributed by atoms with E-state index in [-0.39, 0.29) is 17.2 Å². The van der Waals surface area contributed by atoms with E-state index in [1.807, 2.05) is 4.90 Å². The van der Waals surface area contributed by atoms with Gasteiger partial charge >= 0.3 is 0 Å². The van der Waals surface area contributed by atoms with Crippen LogP contribution in [-0.4, -0.2) is 29.9 Å². The first-order valence-corrected chi connectivity index (χ1v) is 7.77. The second-order valence-corrected chi connectivity index (χ2v) is 6.84. The van der Waals surface area contributed by atoms with Crippen LogP contribution in [0.5, 0.6) is 0 Å². The smallest absolute Gasteiger partial charge is 0.227 e. The third-order valence-corrected chi connectivity index (χ3v) is 3.65. The molecule has 0 aromatic rings. The quantitative estimate of drug-likeness (QED) is 0.734. The number of carbonyl (C=O) groups is 1. The SMILES string of the molecule is CCCCN(C(=O)C(CN)CC(C)(C)C)C(C)CC. The zero-order valence-corrected chi connectivity index (χ0v) is 13.8. The standard InChI is InChI=1S/C16H34N2O/c1-7-9-10-18(13(3)8-2)15(19)14(12-17)11-16(4,5)6/h13-14H,7-12,17H2,1-6H3. The van der Waals surface area contributed by atoms with E-state index in [0.29, 0.717) is 12.6 Å². The van der Waals surface area contributed by atoms with Crippen LogP contribution in [0, 0.1) is 11.3 Å². The van der Waals surface area contributed by atoms with Crippen LogP contribution in [0.3, 0.4) is 0 Å². The number of nitrogens with zero attached hydrogens (tertiary/aromatic N) is 1. The van der Waals surface area contributed by atoms with Gasteiger partial charge in [0, 0.05) is 19.1 Å². The second-order valence-electron chi connectivity index (χ2n) is 6.84. The number of unbranched alkanes of at least 4 members (excludes halogenated alkanes) is 1. The van der Waals surface area contributed by atoms with Gasteiger partial charge in [-0.25, -0.2) is 0 Å². The third kappa shape index (κ3) is 6.95. The van der Waals surface area contributed by atoms with E-state index in [1.54, 1.807) is 0 Å². The number of hydrogen-bond donors (Lipinski definition) is 1. The molecule has 114 valence electrons. The van der Waals surface area contributed by atoms with Crippen LogP contribution < -0.4 is 5.73 Å². The van der Waals surface area contributed by atoms with E-state index < -0.39 is 0 Å². The fourth-order valence-electron chi connectivity index (χ4n) is 2.34. The summed E-state index contributed by atoms with van der Waals surface area (Å²) in [6.07, 6.45) is 4.05. The number of amides is 1. The lowest BCUT2D eigenvalue weighted by molar-refractivity contribution is -0.138. The topological polar surface area (TPSA) is 46.3 Å². The normalized spacial score (nSPS) is 15.1. The fraction of sp³-hybridized carbons (Fsp3) is 0.938. The van der Waals surface area contributed by atoms with Crippen molar-refractivity contribution in [2.24, 2.45) is 17.1 Å². The van der Waals surface area contributed by atoms with Crippen molar-refractivity contribution in [1.82, 2.24) is 4.90 Å². The summed E-state index contributed by atoms with van der Waals surface area (Å²) in [5, 5.41) is 0. The monoisotopic (exact) mass is 270 g/mol. The maximum Gasteiger partial charge on any atom is 0.227 e. The van der Waals surface area contributed by atoms with Gasteiger partial charge in [-0.15, -0.1) is 0 Å². The Kier molecular flexibility index (Phi) is 8.31. The molecule has 2 N–H and O–H groups in total. The van der Waals surface area contributed by atoms with Gasteiger partial charge in [-0.05, 0) is 31.6 Å². The molecule has 0 aromatic heterocycles. The van der Waals surface area contributed by atoms with Gasteiger partial charge in [0.1, 0.15) is 0 Å². The van der Waals surface area contributed by atoms with Gasteiger partial charge < -0.3 is 10.6 Å². The van der Waals surface area contributed by atoms with Crippen molar-refractivity contribution in [3.63, 3.8) is 0 Å². The number of hydrogen-bond acceptors (Lipinski definition) is 2.